The monoisotopic (exact) mass is 295 g/mol. The van der Waals surface area contributed by atoms with Gasteiger partial charge >= 0.3 is 0 Å². The molecule has 0 heterocycles. The molecule has 0 aromatic rings. The molecule has 0 aromatic heterocycles. The summed E-state index contributed by atoms with van der Waals surface area (Å²) in [4.78, 5) is 0. The van der Waals surface area contributed by atoms with Crippen LogP contribution in [-0.2, 0) is 4.74 Å². The van der Waals surface area contributed by atoms with Crippen LogP contribution in [0.2, 0.25) is 0 Å². The zero-order valence-corrected chi connectivity index (χ0v) is 14.0. The molecule has 0 spiro atoms. The van der Waals surface area contributed by atoms with Crippen molar-refractivity contribution in [2.24, 2.45) is 28.4 Å². The molecule has 0 saturated heterocycles. The summed E-state index contributed by atoms with van der Waals surface area (Å²) in [6.07, 6.45) is 8.37. The SMILES string of the molecule is CC1(C)C2CCC1(C)C(OCCC1CCCC1(O)CN)C2. The van der Waals surface area contributed by atoms with Crippen molar-refractivity contribution in [3.05, 3.63) is 0 Å². The Bertz CT molecular complexity index is 397. The van der Waals surface area contributed by atoms with Gasteiger partial charge in [-0.1, -0.05) is 27.2 Å². The Kier molecular flexibility index (Phi) is 3.91. The van der Waals surface area contributed by atoms with Crippen LogP contribution in [0.15, 0.2) is 0 Å². The quantitative estimate of drug-likeness (QED) is 0.819. The van der Waals surface area contributed by atoms with Crippen LogP contribution in [0, 0.1) is 22.7 Å². The van der Waals surface area contributed by atoms with Crippen LogP contribution in [0.3, 0.4) is 0 Å². The van der Waals surface area contributed by atoms with Crippen LogP contribution in [-0.4, -0.2) is 30.0 Å². The van der Waals surface area contributed by atoms with Gasteiger partial charge in [-0.2, -0.15) is 0 Å². The van der Waals surface area contributed by atoms with Crippen molar-refractivity contribution in [2.75, 3.05) is 13.2 Å². The van der Waals surface area contributed by atoms with Crippen molar-refractivity contribution in [3.8, 4) is 0 Å². The van der Waals surface area contributed by atoms with Crippen LogP contribution in [0.5, 0.6) is 0 Å². The highest BCUT2D eigenvalue weighted by Crippen LogP contribution is 2.66. The fraction of sp³-hybridized carbons (Fsp3) is 1.00. The number of fused-ring (bicyclic) bond motifs is 2. The highest BCUT2D eigenvalue weighted by Gasteiger charge is 2.61. The maximum Gasteiger partial charge on any atom is 0.0798 e. The van der Waals surface area contributed by atoms with E-state index in [0.29, 0.717) is 29.4 Å². The molecule has 21 heavy (non-hydrogen) atoms. The zero-order chi connectivity index (χ0) is 15.3. The Morgan fingerprint density at radius 3 is 2.52 bits per heavy atom. The molecular weight excluding hydrogens is 262 g/mol. The minimum atomic E-state index is -0.624. The topological polar surface area (TPSA) is 55.5 Å². The van der Waals surface area contributed by atoms with Gasteiger partial charge in [0.1, 0.15) is 0 Å². The maximum absolute atomic E-state index is 10.5. The van der Waals surface area contributed by atoms with E-state index in [1.165, 1.54) is 19.3 Å². The lowest BCUT2D eigenvalue weighted by Gasteiger charge is -2.39. The van der Waals surface area contributed by atoms with Gasteiger partial charge in [0.15, 0.2) is 0 Å². The summed E-state index contributed by atoms with van der Waals surface area (Å²) >= 11 is 0. The molecule has 3 rings (SSSR count). The van der Waals surface area contributed by atoms with Crippen molar-refractivity contribution in [1.29, 1.82) is 0 Å². The summed E-state index contributed by atoms with van der Waals surface area (Å²) in [6, 6.07) is 0. The predicted octanol–water partition coefficient (Wildman–Crippen LogP) is 3.10. The van der Waals surface area contributed by atoms with Crippen molar-refractivity contribution in [1.82, 2.24) is 0 Å². The van der Waals surface area contributed by atoms with Crippen LogP contribution in [0.1, 0.15) is 65.7 Å². The summed E-state index contributed by atoms with van der Waals surface area (Å²) < 4.78 is 6.32. The maximum atomic E-state index is 10.5. The summed E-state index contributed by atoms with van der Waals surface area (Å²) in [6.45, 7) is 8.47. The second-order valence-corrected chi connectivity index (χ2v) is 8.66. The number of aliphatic hydroxyl groups is 1. The van der Waals surface area contributed by atoms with Crippen molar-refractivity contribution < 1.29 is 9.84 Å². The second-order valence-electron chi connectivity index (χ2n) is 8.66. The van der Waals surface area contributed by atoms with Gasteiger partial charge in [-0.3, -0.25) is 0 Å². The fourth-order valence-corrected chi connectivity index (χ4v) is 5.54. The van der Waals surface area contributed by atoms with Gasteiger partial charge in [0.25, 0.3) is 0 Å². The average molecular weight is 295 g/mol. The molecule has 3 N–H and O–H groups in total. The first kappa shape index (κ1) is 15.8. The molecule has 2 bridgehead atoms. The molecule has 5 unspecified atom stereocenters. The molecule has 5 atom stereocenters. The van der Waals surface area contributed by atoms with Crippen LogP contribution >= 0.6 is 0 Å². The molecule has 122 valence electrons. The highest BCUT2D eigenvalue weighted by atomic mass is 16.5. The minimum Gasteiger partial charge on any atom is -0.388 e. The van der Waals surface area contributed by atoms with Crippen LogP contribution < -0.4 is 5.73 Å². The number of nitrogens with two attached hydrogens (primary N) is 1. The summed E-state index contributed by atoms with van der Waals surface area (Å²) in [7, 11) is 0. The summed E-state index contributed by atoms with van der Waals surface area (Å²) in [5.41, 5.74) is 5.91. The number of ether oxygens (including phenoxy) is 1. The molecule has 3 nitrogen and oxygen atoms in total. The van der Waals surface area contributed by atoms with Crippen molar-refractivity contribution in [2.45, 2.75) is 77.4 Å². The Balaban J connectivity index is 1.53. The molecule has 0 aliphatic heterocycles. The van der Waals surface area contributed by atoms with Gasteiger partial charge in [0.05, 0.1) is 11.7 Å². The highest BCUT2D eigenvalue weighted by molar-refractivity contribution is 5.11. The first-order valence-electron chi connectivity index (χ1n) is 8.87. The van der Waals surface area contributed by atoms with E-state index in [1.54, 1.807) is 0 Å². The smallest absolute Gasteiger partial charge is 0.0798 e. The van der Waals surface area contributed by atoms with Gasteiger partial charge in [-0.25, -0.2) is 0 Å². The second kappa shape index (κ2) is 5.21. The lowest BCUT2D eigenvalue weighted by Crippen LogP contribution is -2.42. The first-order chi connectivity index (χ1) is 9.83. The number of hydrogen-bond acceptors (Lipinski definition) is 3. The van der Waals surface area contributed by atoms with Gasteiger partial charge in [0, 0.05) is 13.2 Å². The third kappa shape index (κ3) is 2.27. The lowest BCUT2D eigenvalue weighted by molar-refractivity contribution is -0.0620. The zero-order valence-electron chi connectivity index (χ0n) is 14.0. The van der Waals surface area contributed by atoms with E-state index in [1.807, 2.05) is 0 Å². The van der Waals surface area contributed by atoms with Gasteiger partial charge < -0.3 is 15.6 Å². The van der Waals surface area contributed by atoms with E-state index >= 15 is 0 Å². The van der Waals surface area contributed by atoms with Crippen LogP contribution in [0.4, 0.5) is 0 Å². The molecule has 3 aliphatic rings. The van der Waals surface area contributed by atoms with Crippen molar-refractivity contribution >= 4 is 0 Å². The molecule has 3 fully saturated rings. The van der Waals surface area contributed by atoms with Gasteiger partial charge in [-0.15, -0.1) is 0 Å². The number of rotatable bonds is 5. The van der Waals surface area contributed by atoms with Crippen molar-refractivity contribution in [3.63, 3.8) is 0 Å². The minimum absolute atomic E-state index is 0.335. The Hall–Kier alpha value is -0.120. The molecule has 3 heteroatoms. The fourth-order valence-electron chi connectivity index (χ4n) is 5.54. The molecule has 3 saturated carbocycles. The average Bonchev–Trinajstić information content (AvgIpc) is 2.98. The summed E-state index contributed by atoms with van der Waals surface area (Å²) in [5.74, 6) is 1.17. The molecule has 0 aromatic carbocycles. The van der Waals surface area contributed by atoms with E-state index in [0.717, 1.165) is 38.2 Å². The number of hydrogen-bond donors (Lipinski definition) is 2. The Morgan fingerprint density at radius 1 is 1.19 bits per heavy atom. The Morgan fingerprint density at radius 2 is 1.95 bits per heavy atom. The standard InChI is InChI=1S/C18H33NO2/c1-16(2)14-6-9-17(16,3)15(11-14)21-10-7-13-5-4-8-18(13,20)12-19/h13-15,20H,4-12,19H2,1-3H3. The van der Waals surface area contributed by atoms with E-state index in [4.69, 9.17) is 10.5 Å². The molecule has 0 amide bonds. The van der Waals surface area contributed by atoms with E-state index in [9.17, 15) is 5.11 Å². The molecular formula is C18H33NO2. The molecule has 0 radical (unpaired) electrons. The summed E-state index contributed by atoms with van der Waals surface area (Å²) in [5, 5.41) is 10.5. The van der Waals surface area contributed by atoms with Crippen LogP contribution in [0.25, 0.3) is 0 Å². The van der Waals surface area contributed by atoms with Gasteiger partial charge in [-0.05, 0) is 61.2 Å². The largest absolute Gasteiger partial charge is 0.388 e. The lowest BCUT2D eigenvalue weighted by atomic mass is 9.70. The third-order valence-corrected chi connectivity index (χ3v) is 7.77. The van der Waals surface area contributed by atoms with Gasteiger partial charge in [0.2, 0.25) is 0 Å². The third-order valence-electron chi connectivity index (χ3n) is 7.77. The van der Waals surface area contributed by atoms with E-state index < -0.39 is 5.60 Å². The normalized spacial score (nSPS) is 48.1. The Labute approximate surface area is 129 Å². The van der Waals surface area contributed by atoms with E-state index in [2.05, 4.69) is 20.8 Å². The van der Waals surface area contributed by atoms with E-state index in [-0.39, 0.29) is 0 Å². The predicted molar refractivity (Wildman–Crippen MR) is 84.9 cm³/mol. The first-order valence-corrected chi connectivity index (χ1v) is 8.87. The molecule has 3 aliphatic carbocycles.